The van der Waals surface area contributed by atoms with Crippen molar-refractivity contribution in [1.82, 2.24) is 0 Å². The molecule has 0 aliphatic carbocycles. The third-order valence-electron chi connectivity index (χ3n) is 4.43. The summed E-state index contributed by atoms with van der Waals surface area (Å²) in [5.74, 6) is -1.49. The number of benzene rings is 2. The molecule has 2 aromatic rings. The van der Waals surface area contributed by atoms with Crippen molar-refractivity contribution in [3.63, 3.8) is 0 Å². The van der Waals surface area contributed by atoms with Crippen molar-refractivity contribution in [2.75, 3.05) is 16.8 Å². The minimum Gasteiger partial charge on any atom is -0.379 e. The summed E-state index contributed by atoms with van der Waals surface area (Å²) in [6, 6.07) is 10.3. The maximum absolute atomic E-state index is 13.2. The Balaban J connectivity index is 1.77. The number of rotatable bonds is 6. The molecule has 1 heterocycles. The summed E-state index contributed by atoms with van der Waals surface area (Å²) < 4.78 is 13.2. The number of nitrogens with one attached hydrogen (secondary N) is 1. The van der Waals surface area contributed by atoms with Gasteiger partial charge in [0.2, 0.25) is 11.8 Å². The molecule has 8 heteroatoms. The number of nitro groups is 1. The Kier molecular flexibility index (Phi) is 5.16. The molecule has 1 N–H and O–H groups in total. The van der Waals surface area contributed by atoms with Gasteiger partial charge in [0, 0.05) is 24.9 Å². The minimum atomic E-state index is -0.567. The Bertz CT molecular complexity index is 916. The molecule has 2 aromatic carbocycles. The van der Waals surface area contributed by atoms with Crippen LogP contribution in [0.5, 0.6) is 0 Å². The Morgan fingerprint density at radius 2 is 2.04 bits per heavy atom. The van der Waals surface area contributed by atoms with E-state index in [1.165, 1.54) is 30.3 Å². The summed E-state index contributed by atoms with van der Waals surface area (Å²) in [4.78, 5) is 36.0. The van der Waals surface area contributed by atoms with Crippen LogP contribution in [0.25, 0.3) is 0 Å². The number of hydrogen-bond donors (Lipinski definition) is 1. The van der Waals surface area contributed by atoms with E-state index in [0.717, 1.165) is 10.5 Å². The summed E-state index contributed by atoms with van der Waals surface area (Å²) in [6.07, 6.45) is 0.581. The van der Waals surface area contributed by atoms with Crippen molar-refractivity contribution in [3.05, 3.63) is 64.0 Å². The van der Waals surface area contributed by atoms with E-state index in [2.05, 4.69) is 5.32 Å². The minimum absolute atomic E-state index is 0.0975. The SMILES string of the molecule is C[C@H]1CC(=O)N(c2ccc(NCCc3cccc(F)c3)c([N+](=O)[O-])c2)C1=O. The van der Waals surface area contributed by atoms with E-state index in [4.69, 9.17) is 0 Å². The van der Waals surface area contributed by atoms with Crippen LogP contribution in [0, 0.1) is 21.8 Å². The fraction of sp³-hybridized carbons (Fsp3) is 0.263. The van der Waals surface area contributed by atoms with Gasteiger partial charge in [0.05, 0.1) is 10.6 Å². The highest BCUT2D eigenvalue weighted by atomic mass is 19.1. The molecule has 7 nitrogen and oxygen atoms in total. The topological polar surface area (TPSA) is 92.6 Å². The molecule has 1 atom stereocenters. The number of nitrogens with zero attached hydrogens (tertiary/aromatic N) is 2. The predicted octanol–water partition coefficient (Wildman–Crippen LogP) is 3.29. The lowest BCUT2D eigenvalue weighted by Gasteiger charge is -2.15. The van der Waals surface area contributed by atoms with Gasteiger partial charge in [-0.1, -0.05) is 19.1 Å². The van der Waals surface area contributed by atoms with Gasteiger partial charge in [0.15, 0.2) is 0 Å². The normalized spacial score (nSPS) is 16.7. The molecule has 0 aromatic heterocycles. The maximum Gasteiger partial charge on any atom is 0.294 e. The van der Waals surface area contributed by atoms with Crippen LogP contribution in [0.3, 0.4) is 0 Å². The van der Waals surface area contributed by atoms with E-state index < -0.39 is 10.8 Å². The first-order valence-corrected chi connectivity index (χ1v) is 8.50. The Morgan fingerprint density at radius 1 is 1.26 bits per heavy atom. The molecule has 0 unspecified atom stereocenters. The standard InChI is InChI=1S/C19H18FN3O4/c1-12-9-18(24)22(19(12)25)15-5-6-16(17(11-15)23(26)27)21-8-7-13-3-2-4-14(20)10-13/h2-6,10-12,21H,7-9H2,1H3/t12-/m0/s1. The van der Waals surface area contributed by atoms with Crippen LogP contribution in [0.1, 0.15) is 18.9 Å². The van der Waals surface area contributed by atoms with Gasteiger partial charge in [-0.05, 0) is 36.2 Å². The van der Waals surface area contributed by atoms with Gasteiger partial charge in [0.25, 0.3) is 5.69 Å². The van der Waals surface area contributed by atoms with Gasteiger partial charge in [-0.15, -0.1) is 0 Å². The van der Waals surface area contributed by atoms with Gasteiger partial charge in [-0.3, -0.25) is 24.6 Å². The predicted molar refractivity (Wildman–Crippen MR) is 98.0 cm³/mol. The molecule has 27 heavy (non-hydrogen) atoms. The van der Waals surface area contributed by atoms with Gasteiger partial charge < -0.3 is 5.32 Å². The van der Waals surface area contributed by atoms with Gasteiger partial charge in [-0.25, -0.2) is 4.39 Å². The number of nitro benzene ring substituents is 1. The van der Waals surface area contributed by atoms with Crippen molar-refractivity contribution in [2.45, 2.75) is 19.8 Å². The number of hydrogen-bond acceptors (Lipinski definition) is 5. The molecule has 1 aliphatic heterocycles. The first kappa shape index (κ1) is 18.5. The third kappa shape index (κ3) is 3.94. The second kappa shape index (κ2) is 7.53. The lowest BCUT2D eigenvalue weighted by atomic mass is 10.1. The van der Waals surface area contributed by atoms with E-state index in [1.54, 1.807) is 19.1 Å². The van der Waals surface area contributed by atoms with Crippen molar-refractivity contribution >= 4 is 28.9 Å². The quantitative estimate of drug-likeness (QED) is 0.478. The molecular formula is C19H18FN3O4. The molecule has 140 valence electrons. The number of halogens is 1. The zero-order valence-electron chi connectivity index (χ0n) is 14.6. The van der Waals surface area contributed by atoms with Crippen LogP contribution < -0.4 is 10.2 Å². The monoisotopic (exact) mass is 371 g/mol. The molecule has 0 radical (unpaired) electrons. The summed E-state index contributed by atoms with van der Waals surface area (Å²) in [5.41, 5.74) is 1.000. The molecule has 1 fully saturated rings. The van der Waals surface area contributed by atoms with Gasteiger partial charge >= 0.3 is 0 Å². The van der Waals surface area contributed by atoms with E-state index in [-0.39, 0.29) is 41.1 Å². The summed E-state index contributed by atoms with van der Waals surface area (Å²) in [6.45, 7) is 2.01. The molecular weight excluding hydrogens is 353 g/mol. The highest BCUT2D eigenvalue weighted by molar-refractivity contribution is 6.21. The molecule has 0 bridgehead atoms. The van der Waals surface area contributed by atoms with E-state index in [1.807, 2.05) is 0 Å². The summed E-state index contributed by atoms with van der Waals surface area (Å²) in [5, 5.41) is 14.4. The number of carbonyl (C=O) groups is 2. The lowest BCUT2D eigenvalue weighted by molar-refractivity contribution is -0.383. The first-order valence-electron chi connectivity index (χ1n) is 8.50. The van der Waals surface area contributed by atoms with Crippen LogP contribution in [-0.2, 0) is 16.0 Å². The fourth-order valence-electron chi connectivity index (χ4n) is 3.05. The molecule has 1 saturated heterocycles. The molecule has 2 amide bonds. The van der Waals surface area contributed by atoms with E-state index in [0.29, 0.717) is 13.0 Å². The van der Waals surface area contributed by atoms with Crippen molar-refractivity contribution in [3.8, 4) is 0 Å². The van der Waals surface area contributed by atoms with E-state index >= 15 is 0 Å². The Hall–Kier alpha value is -3.29. The summed E-state index contributed by atoms with van der Waals surface area (Å²) in [7, 11) is 0. The molecule has 1 aliphatic rings. The van der Waals surface area contributed by atoms with Crippen LogP contribution in [0.15, 0.2) is 42.5 Å². The second-order valence-corrected chi connectivity index (χ2v) is 6.44. The Morgan fingerprint density at radius 3 is 2.67 bits per heavy atom. The Labute approximate surface area is 154 Å². The number of anilines is 2. The van der Waals surface area contributed by atoms with Crippen LogP contribution in [0.2, 0.25) is 0 Å². The highest BCUT2D eigenvalue weighted by Crippen LogP contribution is 2.33. The van der Waals surface area contributed by atoms with Crippen LogP contribution in [-0.4, -0.2) is 23.3 Å². The van der Waals surface area contributed by atoms with Crippen LogP contribution in [0.4, 0.5) is 21.5 Å². The van der Waals surface area contributed by atoms with Crippen molar-refractivity contribution in [2.24, 2.45) is 5.92 Å². The average molecular weight is 371 g/mol. The number of amides is 2. The average Bonchev–Trinajstić information content (AvgIpc) is 2.87. The fourth-order valence-corrected chi connectivity index (χ4v) is 3.05. The first-order chi connectivity index (χ1) is 12.9. The molecule has 0 saturated carbocycles. The maximum atomic E-state index is 13.2. The van der Waals surface area contributed by atoms with Crippen molar-refractivity contribution in [1.29, 1.82) is 0 Å². The van der Waals surface area contributed by atoms with Crippen molar-refractivity contribution < 1.29 is 18.9 Å². The second-order valence-electron chi connectivity index (χ2n) is 6.44. The largest absolute Gasteiger partial charge is 0.379 e. The van der Waals surface area contributed by atoms with Crippen LogP contribution >= 0.6 is 0 Å². The number of imide groups is 1. The molecule has 0 spiro atoms. The smallest absolute Gasteiger partial charge is 0.294 e. The third-order valence-corrected chi connectivity index (χ3v) is 4.43. The zero-order valence-corrected chi connectivity index (χ0v) is 14.6. The zero-order chi connectivity index (χ0) is 19.6. The summed E-state index contributed by atoms with van der Waals surface area (Å²) >= 11 is 0. The highest BCUT2D eigenvalue weighted by Gasteiger charge is 2.37. The number of carbonyl (C=O) groups excluding carboxylic acids is 2. The lowest BCUT2D eigenvalue weighted by Crippen LogP contribution is -2.30. The van der Waals surface area contributed by atoms with E-state index in [9.17, 15) is 24.1 Å². The molecule has 3 rings (SSSR count). The van der Waals surface area contributed by atoms with Gasteiger partial charge in [-0.2, -0.15) is 0 Å². The van der Waals surface area contributed by atoms with Gasteiger partial charge in [0.1, 0.15) is 11.5 Å².